The highest BCUT2D eigenvalue weighted by molar-refractivity contribution is 6.30. The van der Waals surface area contributed by atoms with E-state index in [2.05, 4.69) is 16.4 Å². The summed E-state index contributed by atoms with van der Waals surface area (Å²) in [5.74, 6) is 2.62. The van der Waals surface area contributed by atoms with E-state index in [1.807, 2.05) is 0 Å². The van der Waals surface area contributed by atoms with Gasteiger partial charge in [0, 0.05) is 12.4 Å². The molecule has 0 amide bonds. The van der Waals surface area contributed by atoms with Gasteiger partial charge in [-0.25, -0.2) is 0 Å². The molecule has 0 saturated heterocycles. The third-order valence-electron chi connectivity index (χ3n) is 1.39. The molecule has 0 aromatic carbocycles. The fraction of sp³-hybridized carbons (Fsp3) is 0.286. The van der Waals surface area contributed by atoms with Gasteiger partial charge in [-0.15, -0.1) is 0 Å². The molecule has 1 heterocycles. The van der Waals surface area contributed by atoms with Crippen molar-refractivity contribution in [1.82, 2.24) is 9.78 Å². The number of hydrogen-bond acceptors (Lipinski definition) is 2. The van der Waals surface area contributed by atoms with Gasteiger partial charge in [-0.3, -0.25) is 4.68 Å². The molecule has 1 aromatic heterocycles. The second-order valence-electron chi connectivity index (χ2n) is 2.01. The van der Waals surface area contributed by atoms with E-state index in [1.165, 1.54) is 0 Å². The summed E-state index contributed by atoms with van der Waals surface area (Å²) in [6, 6.07) is 0. The highest BCUT2D eigenvalue weighted by Crippen LogP contribution is 2.04. The van der Waals surface area contributed by atoms with Crippen LogP contribution >= 0.6 is 11.6 Å². The summed E-state index contributed by atoms with van der Waals surface area (Å²) in [4.78, 5) is 0. The second-order valence-corrected chi connectivity index (χ2v) is 2.20. The Balaban J connectivity index is 3.12. The summed E-state index contributed by atoms with van der Waals surface area (Å²) < 4.78 is 1.57. The van der Waals surface area contributed by atoms with Crippen molar-refractivity contribution in [2.45, 2.75) is 6.61 Å². The van der Waals surface area contributed by atoms with Crippen LogP contribution in [0.3, 0.4) is 0 Å². The van der Waals surface area contributed by atoms with Crippen LogP contribution in [0.25, 0.3) is 0 Å². The van der Waals surface area contributed by atoms with Gasteiger partial charge in [-0.05, 0) is 17.5 Å². The average molecular weight is 171 g/mol. The van der Waals surface area contributed by atoms with E-state index >= 15 is 0 Å². The number of hydrogen-bond donors (Lipinski definition) is 1. The zero-order valence-corrected chi connectivity index (χ0v) is 6.76. The SMILES string of the molecule is Cn1ncc(C#CCl)c1CO. The summed E-state index contributed by atoms with van der Waals surface area (Å²) in [6.07, 6.45) is 1.57. The molecule has 3 nitrogen and oxygen atoms in total. The number of aryl methyl sites for hydroxylation is 1. The van der Waals surface area contributed by atoms with E-state index in [1.54, 1.807) is 17.9 Å². The number of aromatic nitrogens is 2. The number of nitrogens with zero attached hydrogens (tertiary/aromatic N) is 2. The van der Waals surface area contributed by atoms with Gasteiger partial charge in [0.25, 0.3) is 0 Å². The fourth-order valence-electron chi connectivity index (χ4n) is 0.806. The molecule has 0 bridgehead atoms. The molecule has 58 valence electrons. The van der Waals surface area contributed by atoms with Crippen LogP contribution < -0.4 is 0 Å². The van der Waals surface area contributed by atoms with Gasteiger partial charge in [-0.1, -0.05) is 0 Å². The first-order chi connectivity index (χ1) is 5.29. The minimum atomic E-state index is -0.0720. The number of halogens is 1. The number of aliphatic hydroxyl groups is 1. The Morgan fingerprint density at radius 1 is 1.82 bits per heavy atom. The predicted octanol–water partition coefficient (Wildman–Crippen LogP) is 0.460. The Morgan fingerprint density at radius 3 is 3.09 bits per heavy atom. The summed E-state index contributed by atoms with van der Waals surface area (Å²) in [5.41, 5.74) is 1.35. The van der Waals surface area contributed by atoms with E-state index in [-0.39, 0.29) is 6.61 Å². The van der Waals surface area contributed by atoms with Crippen molar-refractivity contribution in [2.75, 3.05) is 0 Å². The summed E-state index contributed by atoms with van der Waals surface area (Å²) >= 11 is 5.19. The van der Waals surface area contributed by atoms with Crippen LogP contribution in [-0.4, -0.2) is 14.9 Å². The maximum absolute atomic E-state index is 8.84. The summed E-state index contributed by atoms with van der Waals surface area (Å²) in [5, 5.41) is 15.0. The third kappa shape index (κ3) is 1.53. The van der Waals surface area contributed by atoms with E-state index in [0.29, 0.717) is 11.3 Å². The molecular formula is C7H7ClN2O. The maximum atomic E-state index is 8.84. The molecule has 0 radical (unpaired) electrons. The predicted molar refractivity (Wildman–Crippen MR) is 41.9 cm³/mol. The van der Waals surface area contributed by atoms with Crippen molar-refractivity contribution in [3.05, 3.63) is 17.5 Å². The first-order valence-corrected chi connectivity index (χ1v) is 3.40. The standard InChI is InChI=1S/C7H7ClN2O/c1-10-7(5-11)6(2-3-8)4-9-10/h4,11H,5H2,1H3. The Hall–Kier alpha value is -0.980. The van der Waals surface area contributed by atoms with Crippen LogP contribution in [0.1, 0.15) is 11.3 Å². The van der Waals surface area contributed by atoms with Crippen molar-refractivity contribution in [3.8, 4) is 11.3 Å². The Morgan fingerprint density at radius 2 is 2.55 bits per heavy atom. The van der Waals surface area contributed by atoms with Crippen LogP contribution in [0.15, 0.2) is 6.20 Å². The summed E-state index contributed by atoms with van der Waals surface area (Å²) in [7, 11) is 1.74. The minimum Gasteiger partial charge on any atom is -0.390 e. The quantitative estimate of drug-likeness (QED) is 0.622. The zero-order chi connectivity index (χ0) is 8.27. The molecule has 0 aliphatic rings. The lowest BCUT2D eigenvalue weighted by Crippen LogP contribution is -1.98. The largest absolute Gasteiger partial charge is 0.390 e. The highest BCUT2D eigenvalue weighted by Gasteiger charge is 2.03. The van der Waals surface area contributed by atoms with Crippen LogP contribution in [0.4, 0.5) is 0 Å². The smallest absolute Gasteiger partial charge is 0.0862 e. The second kappa shape index (κ2) is 3.42. The van der Waals surface area contributed by atoms with Crippen LogP contribution in [0.5, 0.6) is 0 Å². The van der Waals surface area contributed by atoms with Crippen molar-refractivity contribution < 1.29 is 5.11 Å². The molecule has 0 atom stereocenters. The molecule has 0 saturated carbocycles. The van der Waals surface area contributed by atoms with Crippen molar-refractivity contribution >= 4 is 11.6 Å². The van der Waals surface area contributed by atoms with Gasteiger partial charge < -0.3 is 5.11 Å². The van der Waals surface area contributed by atoms with E-state index in [0.717, 1.165) is 0 Å². The van der Waals surface area contributed by atoms with Gasteiger partial charge in [0.15, 0.2) is 0 Å². The van der Waals surface area contributed by atoms with E-state index < -0.39 is 0 Å². The first kappa shape index (κ1) is 8.12. The normalized spacial score (nSPS) is 9.00. The van der Waals surface area contributed by atoms with E-state index in [4.69, 9.17) is 16.7 Å². The monoisotopic (exact) mass is 170 g/mol. The van der Waals surface area contributed by atoms with Crippen molar-refractivity contribution in [3.63, 3.8) is 0 Å². The van der Waals surface area contributed by atoms with Gasteiger partial charge in [-0.2, -0.15) is 5.10 Å². The van der Waals surface area contributed by atoms with Crippen molar-refractivity contribution in [1.29, 1.82) is 0 Å². The van der Waals surface area contributed by atoms with Crippen molar-refractivity contribution in [2.24, 2.45) is 7.05 Å². The molecule has 1 N–H and O–H groups in total. The lowest BCUT2D eigenvalue weighted by Gasteiger charge is -1.95. The van der Waals surface area contributed by atoms with Gasteiger partial charge in [0.1, 0.15) is 0 Å². The maximum Gasteiger partial charge on any atom is 0.0862 e. The van der Waals surface area contributed by atoms with Crippen LogP contribution in [-0.2, 0) is 13.7 Å². The van der Waals surface area contributed by atoms with Crippen LogP contribution in [0, 0.1) is 11.3 Å². The average Bonchev–Trinajstić information content (AvgIpc) is 2.33. The van der Waals surface area contributed by atoms with Gasteiger partial charge in [0.05, 0.1) is 24.1 Å². The first-order valence-electron chi connectivity index (χ1n) is 3.03. The lowest BCUT2D eigenvalue weighted by atomic mass is 10.3. The molecule has 0 spiro atoms. The van der Waals surface area contributed by atoms with Gasteiger partial charge >= 0.3 is 0 Å². The Labute approximate surface area is 69.6 Å². The number of aliphatic hydroxyl groups excluding tert-OH is 1. The third-order valence-corrected chi connectivity index (χ3v) is 1.49. The Kier molecular flexibility index (Phi) is 2.53. The Bertz CT molecular complexity index is 308. The zero-order valence-electron chi connectivity index (χ0n) is 6.00. The number of rotatable bonds is 1. The molecule has 0 unspecified atom stereocenters. The van der Waals surface area contributed by atoms with E-state index in [9.17, 15) is 0 Å². The fourth-order valence-corrected chi connectivity index (χ4v) is 0.907. The molecular weight excluding hydrogens is 164 g/mol. The molecule has 1 aromatic rings. The molecule has 4 heteroatoms. The van der Waals surface area contributed by atoms with Crippen LogP contribution in [0.2, 0.25) is 0 Å². The molecule has 1 rings (SSSR count). The molecule has 11 heavy (non-hydrogen) atoms. The molecule has 0 aliphatic carbocycles. The molecule has 0 aliphatic heterocycles. The molecule has 0 fully saturated rings. The lowest BCUT2D eigenvalue weighted by molar-refractivity contribution is 0.270. The minimum absolute atomic E-state index is 0.0720. The van der Waals surface area contributed by atoms with Gasteiger partial charge in [0.2, 0.25) is 0 Å². The topological polar surface area (TPSA) is 38.0 Å². The summed E-state index contributed by atoms with van der Waals surface area (Å²) in [6.45, 7) is -0.0720. The highest BCUT2D eigenvalue weighted by atomic mass is 35.5.